The highest BCUT2D eigenvalue weighted by molar-refractivity contribution is 7.16. The summed E-state index contributed by atoms with van der Waals surface area (Å²) in [5, 5.41) is 14.3. The number of nitrogens with one attached hydrogen (secondary N) is 1. The topological polar surface area (TPSA) is 45.1 Å². The number of hydrogen-bond donors (Lipinski definition) is 2. The highest BCUT2D eigenvalue weighted by Crippen LogP contribution is 2.42. The highest BCUT2D eigenvalue weighted by atomic mass is 35.5. The van der Waals surface area contributed by atoms with E-state index in [1.807, 2.05) is 18.2 Å². The monoisotopic (exact) mass is 314 g/mol. The Labute approximate surface area is 130 Å². The summed E-state index contributed by atoms with van der Waals surface area (Å²) in [6, 6.07) is 13.0. The number of hydrogen-bond acceptors (Lipinski definition) is 4. The Morgan fingerprint density at radius 2 is 2.10 bits per heavy atom. The summed E-state index contributed by atoms with van der Waals surface area (Å²) in [6.45, 7) is 0. The summed E-state index contributed by atoms with van der Waals surface area (Å²) in [6.07, 6.45) is 0.904. The van der Waals surface area contributed by atoms with E-state index >= 15 is 0 Å². The fourth-order valence-corrected chi connectivity index (χ4v) is 3.73. The number of halogens is 1. The third-order valence-corrected chi connectivity index (χ3v) is 4.68. The number of fused-ring (bicyclic) bond motifs is 3. The van der Waals surface area contributed by atoms with Crippen molar-refractivity contribution in [3.63, 3.8) is 0 Å². The lowest BCUT2D eigenvalue weighted by atomic mass is 10.1. The average molecular weight is 315 g/mol. The number of anilines is 2. The van der Waals surface area contributed by atoms with Crippen LogP contribution in [0.4, 0.5) is 10.8 Å². The minimum absolute atomic E-state index is 0.237. The van der Waals surface area contributed by atoms with Gasteiger partial charge in [-0.15, -0.1) is 11.3 Å². The molecule has 0 fully saturated rings. The first-order chi connectivity index (χ1) is 10.2. The molecule has 2 N–H and O–H groups in total. The van der Waals surface area contributed by atoms with Crippen molar-refractivity contribution >= 4 is 33.8 Å². The fraction of sp³-hybridized carbons (Fsp3) is 0.0625. The summed E-state index contributed by atoms with van der Waals surface area (Å²) < 4.78 is 0. The molecule has 0 saturated heterocycles. The van der Waals surface area contributed by atoms with E-state index in [4.69, 9.17) is 11.6 Å². The van der Waals surface area contributed by atoms with Crippen LogP contribution < -0.4 is 5.32 Å². The molecule has 3 aromatic rings. The molecule has 4 rings (SSSR count). The van der Waals surface area contributed by atoms with Crippen molar-refractivity contribution in [2.75, 3.05) is 5.32 Å². The summed E-state index contributed by atoms with van der Waals surface area (Å²) in [5.74, 6) is 0.237. The van der Waals surface area contributed by atoms with Crippen LogP contribution in [-0.4, -0.2) is 10.1 Å². The van der Waals surface area contributed by atoms with Crippen LogP contribution in [0.25, 0.3) is 11.3 Å². The zero-order valence-electron chi connectivity index (χ0n) is 10.9. The second kappa shape index (κ2) is 4.76. The Balaban J connectivity index is 1.69. The third-order valence-electron chi connectivity index (χ3n) is 3.47. The predicted octanol–water partition coefficient (Wildman–Crippen LogP) is 4.82. The maximum Gasteiger partial charge on any atom is 0.187 e. The van der Waals surface area contributed by atoms with Gasteiger partial charge in [0.05, 0.1) is 5.69 Å². The third kappa shape index (κ3) is 2.26. The quantitative estimate of drug-likeness (QED) is 0.557. The van der Waals surface area contributed by atoms with E-state index in [0.717, 1.165) is 33.5 Å². The molecule has 3 nitrogen and oxygen atoms in total. The van der Waals surface area contributed by atoms with Gasteiger partial charge < -0.3 is 10.4 Å². The van der Waals surface area contributed by atoms with Gasteiger partial charge in [-0.2, -0.15) is 0 Å². The molecule has 21 heavy (non-hydrogen) atoms. The Morgan fingerprint density at radius 3 is 2.95 bits per heavy atom. The summed E-state index contributed by atoms with van der Waals surface area (Å²) >= 11 is 7.71. The number of aromatic nitrogens is 1. The molecule has 1 heterocycles. The van der Waals surface area contributed by atoms with Crippen LogP contribution in [0, 0.1) is 0 Å². The first-order valence-corrected chi connectivity index (χ1v) is 7.73. The number of phenols is 1. The summed E-state index contributed by atoms with van der Waals surface area (Å²) in [7, 11) is 0. The lowest BCUT2D eigenvalue weighted by molar-refractivity contribution is 0.475. The van der Waals surface area contributed by atoms with Crippen molar-refractivity contribution in [1.29, 1.82) is 0 Å². The van der Waals surface area contributed by atoms with Gasteiger partial charge in [-0.3, -0.25) is 0 Å². The second-order valence-electron chi connectivity index (χ2n) is 4.94. The lowest BCUT2D eigenvalue weighted by Gasteiger charge is -2.03. The van der Waals surface area contributed by atoms with Gasteiger partial charge >= 0.3 is 0 Å². The molecule has 1 aromatic heterocycles. The number of nitrogens with zero attached hydrogens (tertiary/aromatic N) is 1. The van der Waals surface area contributed by atoms with Gasteiger partial charge in [-0.1, -0.05) is 23.7 Å². The SMILES string of the molecule is Oc1cccc(Nc2nc3c(s2)Cc2ccc(Cl)cc2-3)c1. The van der Waals surface area contributed by atoms with Gasteiger partial charge in [0, 0.05) is 33.6 Å². The summed E-state index contributed by atoms with van der Waals surface area (Å²) in [4.78, 5) is 5.91. The molecule has 2 aromatic carbocycles. The molecule has 0 bridgehead atoms. The average Bonchev–Trinajstić information content (AvgIpc) is 2.96. The van der Waals surface area contributed by atoms with E-state index in [0.29, 0.717) is 0 Å². The van der Waals surface area contributed by atoms with E-state index in [9.17, 15) is 5.11 Å². The van der Waals surface area contributed by atoms with Crippen molar-refractivity contribution in [1.82, 2.24) is 4.98 Å². The first kappa shape index (κ1) is 12.7. The van der Waals surface area contributed by atoms with Crippen molar-refractivity contribution < 1.29 is 5.11 Å². The molecular weight excluding hydrogens is 304 g/mol. The fourth-order valence-electron chi connectivity index (χ4n) is 2.54. The van der Waals surface area contributed by atoms with Gasteiger partial charge in [0.2, 0.25) is 0 Å². The molecule has 0 radical (unpaired) electrons. The minimum Gasteiger partial charge on any atom is -0.508 e. The van der Waals surface area contributed by atoms with Gasteiger partial charge in [-0.25, -0.2) is 4.98 Å². The number of aromatic hydroxyl groups is 1. The normalized spacial score (nSPS) is 12.0. The molecule has 0 unspecified atom stereocenters. The van der Waals surface area contributed by atoms with E-state index in [1.165, 1.54) is 10.4 Å². The second-order valence-corrected chi connectivity index (χ2v) is 6.46. The molecule has 0 amide bonds. The Hall–Kier alpha value is -2.04. The molecule has 104 valence electrons. The van der Waals surface area contributed by atoms with Crippen molar-refractivity contribution in [3.8, 4) is 17.0 Å². The van der Waals surface area contributed by atoms with Crippen LogP contribution in [0.15, 0.2) is 42.5 Å². The molecular formula is C16H11ClN2OS. The molecule has 0 aliphatic heterocycles. The molecule has 1 aliphatic rings. The predicted molar refractivity (Wildman–Crippen MR) is 86.8 cm³/mol. The van der Waals surface area contributed by atoms with Crippen LogP contribution in [0.3, 0.4) is 0 Å². The molecule has 0 atom stereocenters. The van der Waals surface area contributed by atoms with E-state index < -0.39 is 0 Å². The van der Waals surface area contributed by atoms with Crippen LogP contribution in [0.5, 0.6) is 5.75 Å². The van der Waals surface area contributed by atoms with Gasteiger partial charge in [0.15, 0.2) is 5.13 Å². The zero-order valence-corrected chi connectivity index (χ0v) is 12.5. The van der Waals surface area contributed by atoms with E-state index in [1.54, 1.807) is 29.5 Å². The molecule has 0 spiro atoms. The van der Waals surface area contributed by atoms with Crippen molar-refractivity contribution in [3.05, 3.63) is 57.9 Å². The standard InChI is InChI=1S/C16H11ClN2OS/c17-10-5-4-9-6-14-15(13(9)7-10)19-16(21-14)18-11-2-1-3-12(20)8-11/h1-5,7-8,20H,6H2,(H,18,19). The summed E-state index contributed by atoms with van der Waals surface area (Å²) in [5.41, 5.74) is 4.24. The van der Waals surface area contributed by atoms with Crippen LogP contribution in [0.2, 0.25) is 5.02 Å². The van der Waals surface area contributed by atoms with E-state index in [-0.39, 0.29) is 5.75 Å². The molecule has 1 aliphatic carbocycles. The van der Waals surface area contributed by atoms with Gasteiger partial charge in [-0.05, 0) is 29.8 Å². The maximum atomic E-state index is 9.50. The van der Waals surface area contributed by atoms with Gasteiger partial charge in [0.1, 0.15) is 5.75 Å². The number of benzene rings is 2. The Bertz CT molecular complexity index is 844. The minimum atomic E-state index is 0.237. The number of rotatable bonds is 2. The zero-order chi connectivity index (χ0) is 14.4. The van der Waals surface area contributed by atoms with Crippen LogP contribution >= 0.6 is 22.9 Å². The maximum absolute atomic E-state index is 9.50. The van der Waals surface area contributed by atoms with Gasteiger partial charge in [0.25, 0.3) is 0 Å². The van der Waals surface area contributed by atoms with Crippen molar-refractivity contribution in [2.45, 2.75) is 6.42 Å². The van der Waals surface area contributed by atoms with Crippen LogP contribution in [0.1, 0.15) is 10.4 Å². The molecule has 5 heteroatoms. The van der Waals surface area contributed by atoms with E-state index in [2.05, 4.69) is 16.4 Å². The lowest BCUT2D eigenvalue weighted by Crippen LogP contribution is -1.89. The number of thiazole rings is 1. The smallest absolute Gasteiger partial charge is 0.187 e. The number of phenolic OH excluding ortho intramolecular Hbond substituents is 1. The molecule has 0 saturated carbocycles. The van der Waals surface area contributed by atoms with Crippen molar-refractivity contribution in [2.24, 2.45) is 0 Å². The van der Waals surface area contributed by atoms with Crippen LogP contribution in [-0.2, 0) is 6.42 Å². The Morgan fingerprint density at radius 1 is 1.19 bits per heavy atom. The Kier molecular flexibility index (Phi) is 2.87. The first-order valence-electron chi connectivity index (χ1n) is 6.53. The largest absolute Gasteiger partial charge is 0.508 e. The highest BCUT2D eigenvalue weighted by Gasteiger charge is 2.23.